The maximum atomic E-state index is 15.5. The van der Waals surface area contributed by atoms with Crippen LogP contribution in [-0.2, 0) is 22.6 Å². The number of hydrogen-bond acceptors (Lipinski definition) is 5. The summed E-state index contributed by atoms with van der Waals surface area (Å²) in [7, 11) is 1.51. The van der Waals surface area contributed by atoms with Crippen molar-refractivity contribution in [1.29, 1.82) is 0 Å². The lowest BCUT2D eigenvalue weighted by Crippen LogP contribution is -2.51. The molecule has 166 valence electrons. The van der Waals surface area contributed by atoms with Crippen LogP contribution in [0.2, 0.25) is 0 Å². The van der Waals surface area contributed by atoms with Crippen molar-refractivity contribution in [2.45, 2.75) is 58.0 Å². The van der Waals surface area contributed by atoms with Gasteiger partial charge in [0.25, 0.3) is 0 Å². The molecule has 5 nitrogen and oxygen atoms in total. The smallest absolute Gasteiger partial charge is 0.197 e. The molecular weight excluding hydrogens is 397 g/mol. The highest BCUT2D eigenvalue weighted by Crippen LogP contribution is 2.44. The van der Waals surface area contributed by atoms with Crippen LogP contribution in [0.4, 0.5) is 4.39 Å². The lowest BCUT2D eigenvalue weighted by Gasteiger charge is -2.44. The summed E-state index contributed by atoms with van der Waals surface area (Å²) < 4.78 is 32.8. The van der Waals surface area contributed by atoms with Gasteiger partial charge >= 0.3 is 0 Å². The first-order chi connectivity index (χ1) is 14.8. The highest BCUT2D eigenvalue weighted by atomic mass is 19.1. The molecule has 4 rings (SSSR count). The van der Waals surface area contributed by atoms with Crippen LogP contribution in [0.25, 0.3) is 0 Å². The quantitative estimate of drug-likeness (QED) is 0.705. The molecule has 2 aliphatic heterocycles. The van der Waals surface area contributed by atoms with Crippen LogP contribution < -0.4 is 9.47 Å². The van der Waals surface area contributed by atoms with Gasteiger partial charge < -0.3 is 14.2 Å². The molecule has 0 aliphatic carbocycles. The molecule has 0 bridgehead atoms. The highest BCUT2D eigenvalue weighted by Gasteiger charge is 2.41. The maximum absolute atomic E-state index is 15.5. The van der Waals surface area contributed by atoms with E-state index >= 15 is 4.39 Å². The number of Topliss-reactive ketones (excluding diaryl/α,β-unsaturated/α-hetero) is 1. The van der Waals surface area contributed by atoms with Crippen LogP contribution in [0.1, 0.15) is 49.9 Å². The second-order valence-corrected chi connectivity index (χ2v) is 9.21. The molecule has 0 aromatic heterocycles. The van der Waals surface area contributed by atoms with Gasteiger partial charge in [-0.1, -0.05) is 30.3 Å². The molecule has 2 atom stereocenters. The van der Waals surface area contributed by atoms with E-state index in [2.05, 4.69) is 4.90 Å². The number of nitrogens with zero attached hydrogens (tertiary/aromatic N) is 1. The molecule has 2 aromatic carbocycles. The van der Waals surface area contributed by atoms with E-state index in [0.29, 0.717) is 37.2 Å². The molecule has 1 fully saturated rings. The Balaban J connectivity index is 1.60. The molecule has 0 saturated carbocycles. The average Bonchev–Trinajstić information content (AvgIpc) is 2.73. The summed E-state index contributed by atoms with van der Waals surface area (Å²) in [6.07, 6.45) is 0.415. The van der Waals surface area contributed by atoms with Crippen LogP contribution >= 0.6 is 0 Å². The number of piperidine rings is 1. The topological polar surface area (TPSA) is 48.0 Å². The number of benzene rings is 2. The van der Waals surface area contributed by atoms with Crippen LogP contribution in [0.5, 0.6) is 11.5 Å². The van der Waals surface area contributed by atoms with Gasteiger partial charge in [0.15, 0.2) is 23.1 Å². The Labute approximate surface area is 183 Å². The summed E-state index contributed by atoms with van der Waals surface area (Å²) in [6, 6.07) is 11.3. The van der Waals surface area contributed by atoms with E-state index in [1.807, 2.05) is 57.2 Å². The summed E-state index contributed by atoms with van der Waals surface area (Å²) in [5.74, 6) is 0.169. The Hall–Kier alpha value is -2.44. The number of carbonyl (C=O) groups is 1. The zero-order chi connectivity index (χ0) is 22.2. The molecule has 0 amide bonds. The van der Waals surface area contributed by atoms with Gasteiger partial charge in [0.2, 0.25) is 0 Å². The number of ether oxygens (including phenoxy) is 3. The number of methoxy groups -OCH3 is 1. The summed E-state index contributed by atoms with van der Waals surface area (Å²) in [5.41, 5.74) is 2.00. The summed E-state index contributed by atoms with van der Waals surface area (Å²) in [5, 5.41) is 0. The predicted octanol–water partition coefficient (Wildman–Crippen LogP) is 4.47. The van der Waals surface area contributed by atoms with E-state index in [4.69, 9.17) is 14.2 Å². The number of hydrogen-bond donors (Lipinski definition) is 0. The van der Waals surface area contributed by atoms with Crippen molar-refractivity contribution in [3.63, 3.8) is 0 Å². The number of halogens is 1. The lowest BCUT2D eigenvalue weighted by atomic mass is 9.85. The number of ketones is 1. The zero-order valence-corrected chi connectivity index (χ0v) is 18.6. The molecule has 2 heterocycles. The minimum Gasteiger partial charge on any atom is -0.493 e. The van der Waals surface area contributed by atoms with E-state index in [0.717, 1.165) is 11.1 Å². The zero-order valence-electron chi connectivity index (χ0n) is 18.6. The maximum Gasteiger partial charge on any atom is 0.197 e. The van der Waals surface area contributed by atoms with Gasteiger partial charge in [-0.25, -0.2) is 4.39 Å². The summed E-state index contributed by atoms with van der Waals surface area (Å²) >= 11 is 0. The Morgan fingerprint density at radius 2 is 1.94 bits per heavy atom. The largest absolute Gasteiger partial charge is 0.493 e. The third-order valence-corrected chi connectivity index (χ3v) is 5.87. The number of fused-ring (bicyclic) bond motifs is 3. The van der Waals surface area contributed by atoms with Gasteiger partial charge in [0.1, 0.15) is 12.7 Å². The van der Waals surface area contributed by atoms with Gasteiger partial charge in [0.05, 0.1) is 12.7 Å². The average molecular weight is 428 g/mol. The van der Waals surface area contributed by atoms with Crippen molar-refractivity contribution in [3.05, 3.63) is 58.9 Å². The Bertz CT molecular complexity index is 954. The third-order valence-electron chi connectivity index (χ3n) is 5.87. The van der Waals surface area contributed by atoms with Crippen LogP contribution in [0, 0.1) is 5.82 Å². The SMILES string of the molecule is COc1cc2c(c(F)c1OCc1ccccc1)CCN1C[C@@H](OC(C)(C)C)C(=O)C[C@H]21. The fourth-order valence-electron chi connectivity index (χ4n) is 4.47. The monoisotopic (exact) mass is 427 g/mol. The van der Waals surface area contributed by atoms with Gasteiger partial charge in [0, 0.05) is 25.6 Å². The minimum absolute atomic E-state index is 0.0628. The molecule has 0 spiro atoms. The van der Waals surface area contributed by atoms with Crippen LogP contribution in [-0.4, -0.2) is 42.6 Å². The molecule has 0 radical (unpaired) electrons. The summed E-state index contributed by atoms with van der Waals surface area (Å²) in [4.78, 5) is 15.0. The molecule has 0 N–H and O–H groups in total. The second kappa shape index (κ2) is 8.60. The normalized spacial score (nSPS) is 21.4. The van der Waals surface area contributed by atoms with Crippen molar-refractivity contribution < 1.29 is 23.4 Å². The van der Waals surface area contributed by atoms with Crippen molar-refractivity contribution >= 4 is 5.78 Å². The van der Waals surface area contributed by atoms with Crippen molar-refractivity contribution in [2.24, 2.45) is 0 Å². The van der Waals surface area contributed by atoms with E-state index in [9.17, 15) is 4.79 Å². The number of carbonyl (C=O) groups excluding carboxylic acids is 1. The fraction of sp³-hybridized carbons (Fsp3) is 0.480. The first kappa shape index (κ1) is 21.8. The molecule has 6 heteroatoms. The third kappa shape index (κ3) is 4.60. The molecule has 1 saturated heterocycles. The van der Waals surface area contributed by atoms with Crippen molar-refractivity contribution in [2.75, 3.05) is 20.2 Å². The predicted molar refractivity (Wildman–Crippen MR) is 116 cm³/mol. The first-order valence-electron chi connectivity index (χ1n) is 10.8. The molecular formula is C25H30FNO4. The van der Waals surface area contributed by atoms with Gasteiger partial charge in [-0.15, -0.1) is 0 Å². The van der Waals surface area contributed by atoms with Gasteiger partial charge in [-0.3, -0.25) is 9.69 Å². The molecule has 31 heavy (non-hydrogen) atoms. The lowest BCUT2D eigenvalue weighted by molar-refractivity contribution is -0.151. The molecule has 2 aromatic rings. The number of rotatable bonds is 5. The standard InChI is InChI=1S/C25H30FNO4/c1-25(2,3)31-22-14-27-11-10-17-18(19(27)13-20(22)28)12-21(29-4)24(23(17)26)30-15-16-8-6-5-7-9-16/h5-9,12,19,22H,10-11,13-15H2,1-4H3/t19-,22-/m1/s1. The molecule has 0 unspecified atom stereocenters. The van der Waals surface area contributed by atoms with Gasteiger partial charge in [-0.2, -0.15) is 0 Å². The van der Waals surface area contributed by atoms with E-state index < -0.39 is 6.10 Å². The molecule has 2 aliphatic rings. The van der Waals surface area contributed by atoms with Gasteiger partial charge in [-0.05, 0) is 49.9 Å². The minimum atomic E-state index is -0.446. The van der Waals surface area contributed by atoms with Crippen LogP contribution in [0.15, 0.2) is 36.4 Å². The first-order valence-corrected chi connectivity index (χ1v) is 10.8. The Morgan fingerprint density at radius 1 is 1.19 bits per heavy atom. The van der Waals surface area contributed by atoms with E-state index in [-0.39, 0.29) is 35.6 Å². The van der Waals surface area contributed by atoms with Crippen molar-refractivity contribution in [1.82, 2.24) is 4.90 Å². The van der Waals surface area contributed by atoms with Crippen LogP contribution in [0.3, 0.4) is 0 Å². The van der Waals surface area contributed by atoms with E-state index in [1.165, 1.54) is 7.11 Å². The highest BCUT2D eigenvalue weighted by molar-refractivity contribution is 5.85. The van der Waals surface area contributed by atoms with E-state index in [1.54, 1.807) is 0 Å². The Kier molecular flexibility index (Phi) is 6.04. The van der Waals surface area contributed by atoms with Crippen molar-refractivity contribution in [3.8, 4) is 11.5 Å². The Morgan fingerprint density at radius 3 is 2.61 bits per heavy atom. The fourth-order valence-corrected chi connectivity index (χ4v) is 4.47. The second-order valence-electron chi connectivity index (χ2n) is 9.21. The summed E-state index contributed by atoms with van der Waals surface area (Å²) in [6.45, 7) is 7.32.